The molecular formula is C23H23ClN6O. The highest BCUT2D eigenvalue weighted by Crippen LogP contribution is 2.21. The Morgan fingerprint density at radius 2 is 1.74 bits per heavy atom. The van der Waals surface area contributed by atoms with Gasteiger partial charge in [-0.2, -0.15) is 10.2 Å². The molecule has 0 aliphatic rings. The van der Waals surface area contributed by atoms with Gasteiger partial charge in [-0.3, -0.25) is 4.79 Å². The maximum absolute atomic E-state index is 12.8. The maximum Gasteiger partial charge on any atom is 0.225 e. The molecule has 8 heteroatoms. The van der Waals surface area contributed by atoms with E-state index in [1.54, 1.807) is 11.0 Å². The van der Waals surface area contributed by atoms with Crippen LogP contribution in [0.4, 0.5) is 0 Å². The van der Waals surface area contributed by atoms with Crippen LogP contribution in [-0.2, 0) is 11.2 Å². The number of aryl methyl sites for hydroxylation is 1. The zero-order valence-electron chi connectivity index (χ0n) is 17.6. The summed E-state index contributed by atoms with van der Waals surface area (Å²) in [6.45, 7) is 5.87. The van der Waals surface area contributed by atoms with Crippen LogP contribution in [0, 0.1) is 13.8 Å². The van der Waals surface area contributed by atoms with Crippen LogP contribution in [-0.4, -0.2) is 30.5 Å². The van der Waals surface area contributed by atoms with Crippen molar-refractivity contribution in [1.82, 2.24) is 29.9 Å². The van der Waals surface area contributed by atoms with Crippen LogP contribution in [0.1, 0.15) is 35.5 Å². The molecule has 1 N–H and O–H groups in total. The summed E-state index contributed by atoms with van der Waals surface area (Å²) in [4.78, 5) is 16.7. The Morgan fingerprint density at radius 3 is 2.39 bits per heavy atom. The number of carbonyl (C=O) groups excluding carboxylic acids is 1. The van der Waals surface area contributed by atoms with E-state index in [0.717, 1.165) is 33.9 Å². The van der Waals surface area contributed by atoms with Gasteiger partial charge in [0.1, 0.15) is 12.7 Å². The Hall–Kier alpha value is -3.45. The van der Waals surface area contributed by atoms with Gasteiger partial charge in [0.05, 0.1) is 29.5 Å². The van der Waals surface area contributed by atoms with Gasteiger partial charge in [-0.25, -0.2) is 14.3 Å². The predicted molar refractivity (Wildman–Crippen MR) is 120 cm³/mol. The number of benzene rings is 2. The number of nitrogens with zero attached hydrogens (tertiary/aromatic N) is 5. The Labute approximate surface area is 185 Å². The molecule has 158 valence electrons. The highest BCUT2D eigenvalue weighted by Gasteiger charge is 2.17. The summed E-state index contributed by atoms with van der Waals surface area (Å²) in [7, 11) is 0. The second-order valence-corrected chi connectivity index (χ2v) is 7.87. The van der Waals surface area contributed by atoms with Crippen LogP contribution in [0.3, 0.4) is 0 Å². The zero-order chi connectivity index (χ0) is 22.0. The van der Waals surface area contributed by atoms with Crippen molar-refractivity contribution in [2.45, 2.75) is 33.2 Å². The summed E-state index contributed by atoms with van der Waals surface area (Å²) in [5, 5.41) is 12.5. The van der Waals surface area contributed by atoms with Gasteiger partial charge in [-0.05, 0) is 62.7 Å². The third-order valence-corrected chi connectivity index (χ3v) is 5.56. The molecular weight excluding hydrogens is 412 g/mol. The first kappa shape index (κ1) is 20.8. The predicted octanol–water partition coefficient (Wildman–Crippen LogP) is 4.14. The SMILES string of the molecule is Cc1nn(-c2ccc(Cl)cc2)c(C)c1CC(=O)NC(C)c1ccc(-n2cncn2)cc1. The topological polar surface area (TPSA) is 77.6 Å². The fraction of sp³-hybridized carbons (Fsp3) is 0.217. The standard InChI is InChI=1S/C23H23ClN6O/c1-15(18-4-8-20(9-5-18)29-14-25-13-26-29)27-23(31)12-22-16(2)28-30(17(22)3)21-10-6-19(24)7-11-21/h4-11,13-15H,12H2,1-3H3,(H,27,31). The largest absolute Gasteiger partial charge is 0.349 e. The van der Waals surface area contributed by atoms with Gasteiger partial charge in [-0.1, -0.05) is 23.7 Å². The van der Waals surface area contributed by atoms with Crippen LogP contribution in [0.15, 0.2) is 61.2 Å². The number of halogens is 1. The molecule has 0 aliphatic heterocycles. The van der Waals surface area contributed by atoms with Gasteiger partial charge < -0.3 is 5.32 Å². The molecule has 1 amide bonds. The Balaban J connectivity index is 1.44. The number of aromatic nitrogens is 5. The van der Waals surface area contributed by atoms with Crippen molar-refractivity contribution in [2.24, 2.45) is 0 Å². The van der Waals surface area contributed by atoms with Gasteiger partial charge >= 0.3 is 0 Å². The minimum atomic E-state index is -0.121. The molecule has 31 heavy (non-hydrogen) atoms. The van der Waals surface area contributed by atoms with Crippen molar-refractivity contribution < 1.29 is 4.79 Å². The quantitative estimate of drug-likeness (QED) is 0.494. The van der Waals surface area contributed by atoms with Gasteiger partial charge in [-0.15, -0.1) is 0 Å². The Morgan fingerprint density at radius 1 is 1.06 bits per heavy atom. The maximum atomic E-state index is 12.8. The monoisotopic (exact) mass is 434 g/mol. The van der Waals surface area contributed by atoms with Crippen LogP contribution in [0.25, 0.3) is 11.4 Å². The molecule has 4 aromatic rings. The third kappa shape index (κ3) is 4.51. The first-order chi connectivity index (χ1) is 14.9. The number of hydrogen-bond donors (Lipinski definition) is 1. The Kier molecular flexibility index (Phi) is 5.86. The van der Waals surface area contributed by atoms with Crippen molar-refractivity contribution in [3.05, 3.63) is 88.7 Å². The molecule has 0 saturated carbocycles. The first-order valence-electron chi connectivity index (χ1n) is 9.97. The zero-order valence-corrected chi connectivity index (χ0v) is 18.3. The summed E-state index contributed by atoms with van der Waals surface area (Å²) < 4.78 is 3.54. The fourth-order valence-electron chi connectivity index (χ4n) is 3.56. The molecule has 0 radical (unpaired) electrons. The van der Waals surface area contributed by atoms with Crippen molar-refractivity contribution in [2.75, 3.05) is 0 Å². The molecule has 0 saturated heterocycles. The minimum Gasteiger partial charge on any atom is -0.349 e. The second kappa shape index (κ2) is 8.73. The number of nitrogens with one attached hydrogen (secondary N) is 1. The van der Waals surface area contributed by atoms with Crippen molar-refractivity contribution in [3.63, 3.8) is 0 Å². The molecule has 7 nitrogen and oxygen atoms in total. The van der Waals surface area contributed by atoms with E-state index in [1.807, 2.05) is 74.0 Å². The van der Waals surface area contributed by atoms with Crippen LogP contribution >= 0.6 is 11.6 Å². The Bertz CT molecular complexity index is 1180. The van der Waals surface area contributed by atoms with Gasteiger partial charge in [0.2, 0.25) is 5.91 Å². The highest BCUT2D eigenvalue weighted by atomic mass is 35.5. The van der Waals surface area contributed by atoms with Crippen LogP contribution in [0.2, 0.25) is 5.02 Å². The average Bonchev–Trinajstić information content (AvgIpc) is 3.39. The lowest BCUT2D eigenvalue weighted by Crippen LogP contribution is -2.28. The lowest BCUT2D eigenvalue weighted by atomic mass is 10.1. The van der Waals surface area contributed by atoms with Crippen LogP contribution in [0.5, 0.6) is 0 Å². The molecule has 0 fully saturated rings. The highest BCUT2D eigenvalue weighted by molar-refractivity contribution is 6.30. The van der Waals surface area contributed by atoms with Gasteiger partial charge in [0.25, 0.3) is 0 Å². The molecule has 0 aliphatic carbocycles. The molecule has 1 atom stereocenters. The summed E-state index contributed by atoms with van der Waals surface area (Å²) in [5.41, 5.74) is 5.56. The van der Waals surface area contributed by atoms with E-state index in [-0.39, 0.29) is 18.4 Å². The minimum absolute atomic E-state index is 0.0466. The van der Waals surface area contributed by atoms with Crippen molar-refractivity contribution >= 4 is 17.5 Å². The summed E-state index contributed by atoms with van der Waals surface area (Å²) in [5.74, 6) is -0.0466. The first-order valence-corrected chi connectivity index (χ1v) is 10.4. The van der Waals surface area contributed by atoms with E-state index in [1.165, 1.54) is 6.33 Å². The number of carbonyl (C=O) groups is 1. The lowest BCUT2D eigenvalue weighted by Gasteiger charge is -2.15. The molecule has 4 rings (SSSR count). The summed E-state index contributed by atoms with van der Waals surface area (Å²) in [6.07, 6.45) is 3.41. The molecule has 1 unspecified atom stereocenters. The third-order valence-electron chi connectivity index (χ3n) is 5.30. The number of rotatable bonds is 6. The molecule has 2 aromatic heterocycles. The summed E-state index contributed by atoms with van der Waals surface area (Å²) in [6, 6.07) is 15.2. The van der Waals surface area contributed by atoms with Crippen molar-refractivity contribution in [3.8, 4) is 11.4 Å². The molecule has 2 aromatic carbocycles. The fourth-order valence-corrected chi connectivity index (χ4v) is 3.68. The van der Waals surface area contributed by atoms with E-state index in [9.17, 15) is 4.79 Å². The van der Waals surface area contributed by atoms with Gasteiger partial charge in [0, 0.05) is 16.3 Å². The molecule has 2 heterocycles. The van der Waals surface area contributed by atoms with Crippen LogP contribution < -0.4 is 5.32 Å². The van der Waals surface area contributed by atoms with Gasteiger partial charge in [0.15, 0.2) is 0 Å². The van der Waals surface area contributed by atoms with E-state index >= 15 is 0 Å². The van der Waals surface area contributed by atoms with E-state index in [2.05, 4.69) is 20.5 Å². The van der Waals surface area contributed by atoms with E-state index in [4.69, 9.17) is 11.6 Å². The molecule has 0 bridgehead atoms. The lowest BCUT2D eigenvalue weighted by molar-refractivity contribution is -0.121. The second-order valence-electron chi connectivity index (χ2n) is 7.44. The van der Waals surface area contributed by atoms with Crippen molar-refractivity contribution in [1.29, 1.82) is 0 Å². The summed E-state index contributed by atoms with van der Waals surface area (Å²) >= 11 is 5.99. The normalized spacial score (nSPS) is 12.0. The molecule has 0 spiro atoms. The number of hydrogen-bond acceptors (Lipinski definition) is 4. The van der Waals surface area contributed by atoms with E-state index < -0.39 is 0 Å². The number of amides is 1. The smallest absolute Gasteiger partial charge is 0.225 e. The average molecular weight is 435 g/mol. The van der Waals surface area contributed by atoms with E-state index in [0.29, 0.717) is 5.02 Å².